The van der Waals surface area contributed by atoms with Crippen molar-refractivity contribution >= 4 is 16.9 Å². The average Bonchev–Trinajstić information content (AvgIpc) is 3.34. The molecule has 0 saturated heterocycles. The summed E-state index contributed by atoms with van der Waals surface area (Å²) in [6, 6.07) is 11.8. The SMILES string of the molecule is Cc1nc2ccccc2n1CCCNC(=O)CCc1nc(-c2cccnc2)no1. The lowest BCUT2D eigenvalue weighted by molar-refractivity contribution is -0.121. The lowest BCUT2D eigenvalue weighted by Crippen LogP contribution is -2.25. The lowest BCUT2D eigenvalue weighted by Gasteiger charge is -2.08. The molecule has 0 fully saturated rings. The average molecular weight is 390 g/mol. The number of nitrogens with one attached hydrogen (secondary N) is 1. The molecule has 8 heteroatoms. The Morgan fingerprint density at radius 1 is 1.17 bits per heavy atom. The lowest BCUT2D eigenvalue weighted by atomic mass is 10.2. The van der Waals surface area contributed by atoms with E-state index in [-0.39, 0.29) is 5.91 Å². The van der Waals surface area contributed by atoms with Gasteiger partial charge in [0.25, 0.3) is 0 Å². The fourth-order valence-electron chi connectivity index (χ4n) is 3.22. The van der Waals surface area contributed by atoms with Crippen molar-refractivity contribution in [2.45, 2.75) is 32.7 Å². The molecule has 0 aliphatic carbocycles. The molecule has 0 radical (unpaired) electrons. The van der Waals surface area contributed by atoms with E-state index in [9.17, 15) is 4.79 Å². The van der Waals surface area contributed by atoms with Gasteiger partial charge in [0.2, 0.25) is 17.6 Å². The van der Waals surface area contributed by atoms with Crippen molar-refractivity contribution in [1.29, 1.82) is 0 Å². The van der Waals surface area contributed by atoms with E-state index in [0.29, 0.717) is 31.1 Å². The number of pyridine rings is 1. The molecule has 0 saturated carbocycles. The summed E-state index contributed by atoms with van der Waals surface area (Å²) in [5.74, 6) is 1.88. The second-order valence-electron chi connectivity index (χ2n) is 6.76. The Labute approximate surface area is 168 Å². The number of fused-ring (bicyclic) bond motifs is 1. The number of nitrogens with zero attached hydrogens (tertiary/aromatic N) is 5. The third kappa shape index (κ3) is 4.48. The van der Waals surface area contributed by atoms with Gasteiger partial charge < -0.3 is 14.4 Å². The minimum atomic E-state index is -0.0293. The van der Waals surface area contributed by atoms with E-state index in [2.05, 4.69) is 36.1 Å². The van der Waals surface area contributed by atoms with Crippen molar-refractivity contribution in [1.82, 2.24) is 30.0 Å². The highest BCUT2D eigenvalue weighted by Gasteiger charge is 2.11. The quantitative estimate of drug-likeness (QED) is 0.465. The van der Waals surface area contributed by atoms with Crippen LogP contribution < -0.4 is 5.32 Å². The van der Waals surface area contributed by atoms with Gasteiger partial charge in [-0.2, -0.15) is 4.98 Å². The van der Waals surface area contributed by atoms with Crippen molar-refractivity contribution in [2.24, 2.45) is 0 Å². The minimum absolute atomic E-state index is 0.0293. The molecule has 3 heterocycles. The normalized spacial score (nSPS) is 11.1. The van der Waals surface area contributed by atoms with Crippen LogP contribution in [0.1, 0.15) is 24.6 Å². The molecule has 0 atom stereocenters. The zero-order valence-electron chi connectivity index (χ0n) is 16.2. The second kappa shape index (κ2) is 8.64. The van der Waals surface area contributed by atoms with Gasteiger partial charge in [0.15, 0.2) is 0 Å². The predicted molar refractivity (Wildman–Crippen MR) is 108 cm³/mol. The molecule has 1 amide bonds. The summed E-state index contributed by atoms with van der Waals surface area (Å²) in [6.45, 7) is 3.42. The number of para-hydroxylation sites is 2. The number of aromatic nitrogens is 5. The number of amides is 1. The molecular formula is C21H22N6O2. The van der Waals surface area contributed by atoms with Crippen molar-refractivity contribution in [2.75, 3.05) is 6.54 Å². The van der Waals surface area contributed by atoms with Crippen LogP contribution in [-0.4, -0.2) is 37.1 Å². The fourth-order valence-corrected chi connectivity index (χ4v) is 3.22. The largest absolute Gasteiger partial charge is 0.356 e. The number of hydrogen-bond donors (Lipinski definition) is 1. The maximum Gasteiger partial charge on any atom is 0.227 e. The van der Waals surface area contributed by atoms with E-state index in [1.54, 1.807) is 12.4 Å². The molecule has 4 rings (SSSR count). The molecule has 29 heavy (non-hydrogen) atoms. The van der Waals surface area contributed by atoms with Crippen LogP contribution in [0.5, 0.6) is 0 Å². The Balaban J connectivity index is 1.22. The number of carbonyl (C=O) groups excluding carboxylic acids is 1. The summed E-state index contributed by atoms with van der Waals surface area (Å²) in [6.07, 6.45) is 4.91. The highest BCUT2D eigenvalue weighted by atomic mass is 16.5. The monoisotopic (exact) mass is 390 g/mol. The summed E-state index contributed by atoms with van der Waals surface area (Å²) < 4.78 is 7.40. The van der Waals surface area contributed by atoms with Crippen molar-refractivity contribution in [3.05, 3.63) is 60.5 Å². The zero-order valence-corrected chi connectivity index (χ0v) is 16.2. The van der Waals surface area contributed by atoms with Gasteiger partial charge in [-0.1, -0.05) is 17.3 Å². The van der Waals surface area contributed by atoms with Crippen molar-refractivity contribution in [3.8, 4) is 11.4 Å². The van der Waals surface area contributed by atoms with Crippen LogP contribution in [0.3, 0.4) is 0 Å². The molecule has 3 aromatic heterocycles. The maximum absolute atomic E-state index is 12.1. The van der Waals surface area contributed by atoms with Gasteiger partial charge in [0, 0.05) is 43.9 Å². The Morgan fingerprint density at radius 3 is 2.93 bits per heavy atom. The number of aryl methyl sites for hydroxylation is 3. The molecule has 8 nitrogen and oxygen atoms in total. The standard InChI is InChI=1S/C21H22N6O2/c1-15-24-17-7-2-3-8-18(17)27(15)13-5-12-23-19(28)9-10-20-25-21(26-29-20)16-6-4-11-22-14-16/h2-4,6-8,11,14H,5,9-10,12-13H2,1H3,(H,23,28). The van der Waals surface area contributed by atoms with E-state index in [1.165, 1.54) is 0 Å². The van der Waals surface area contributed by atoms with Crippen LogP contribution in [0.25, 0.3) is 22.4 Å². The van der Waals surface area contributed by atoms with Crippen LogP contribution >= 0.6 is 0 Å². The van der Waals surface area contributed by atoms with E-state index < -0.39 is 0 Å². The highest BCUT2D eigenvalue weighted by molar-refractivity contribution is 5.76. The first-order valence-electron chi connectivity index (χ1n) is 9.62. The number of rotatable bonds is 8. The summed E-state index contributed by atoms with van der Waals surface area (Å²) in [5, 5.41) is 6.88. The van der Waals surface area contributed by atoms with Crippen LogP contribution in [0, 0.1) is 6.92 Å². The number of carbonyl (C=O) groups is 1. The summed E-state index contributed by atoms with van der Waals surface area (Å²) in [4.78, 5) is 25.0. The van der Waals surface area contributed by atoms with Gasteiger partial charge in [-0.25, -0.2) is 4.98 Å². The molecule has 1 aromatic carbocycles. The summed E-state index contributed by atoms with van der Waals surface area (Å²) in [5.41, 5.74) is 2.91. The third-order valence-corrected chi connectivity index (χ3v) is 4.68. The van der Waals surface area contributed by atoms with Gasteiger partial charge in [0.05, 0.1) is 11.0 Å². The number of hydrogen-bond acceptors (Lipinski definition) is 6. The minimum Gasteiger partial charge on any atom is -0.356 e. The molecular weight excluding hydrogens is 368 g/mol. The molecule has 148 valence electrons. The predicted octanol–water partition coefficient (Wildman–Crippen LogP) is 2.93. The summed E-state index contributed by atoms with van der Waals surface area (Å²) in [7, 11) is 0. The first kappa shape index (κ1) is 18.8. The van der Waals surface area contributed by atoms with Crippen LogP contribution in [0.2, 0.25) is 0 Å². The van der Waals surface area contributed by atoms with Crippen LogP contribution in [0.15, 0.2) is 53.3 Å². The van der Waals surface area contributed by atoms with Crippen LogP contribution in [-0.2, 0) is 17.8 Å². The second-order valence-corrected chi connectivity index (χ2v) is 6.76. The van der Waals surface area contributed by atoms with E-state index in [1.807, 2.05) is 37.3 Å². The molecule has 0 unspecified atom stereocenters. The Hall–Kier alpha value is -3.55. The van der Waals surface area contributed by atoms with Crippen molar-refractivity contribution in [3.63, 3.8) is 0 Å². The van der Waals surface area contributed by atoms with E-state index in [0.717, 1.165) is 35.4 Å². The topological polar surface area (TPSA) is 98.7 Å². The van der Waals surface area contributed by atoms with E-state index in [4.69, 9.17) is 4.52 Å². The van der Waals surface area contributed by atoms with Gasteiger partial charge in [-0.3, -0.25) is 9.78 Å². The van der Waals surface area contributed by atoms with Gasteiger partial charge >= 0.3 is 0 Å². The Bertz CT molecular complexity index is 1100. The van der Waals surface area contributed by atoms with Crippen LogP contribution in [0.4, 0.5) is 0 Å². The van der Waals surface area contributed by atoms with Gasteiger partial charge in [-0.05, 0) is 37.6 Å². The first-order chi connectivity index (χ1) is 14.2. The van der Waals surface area contributed by atoms with Crippen molar-refractivity contribution < 1.29 is 9.32 Å². The maximum atomic E-state index is 12.1. The molecule has 0 aliphatic heterocycles. The number of benzene rings is 1. The highest BCUT2D eigenvalue weighted by Crippen LogP contribution is 2.16. The third-order valence-electron chi connectivity index (χ3n) is 4.68. The summed E-state index contributed by atoms with van der Waals surface area (Å²) >= 11 is 0. The molecule has 1 N–H and O–H groups in total. The first-order valence-corrected chi connectivity index (χ1v) is 9.62. The van der Waals surface area contributed by atoms with Gasteiger partial charge in [-0.15, -0.1) is 0 Å². The van der Waals surface area contributed by atoms with Gasteiger partial charge in [0.1, 0.15) is 5.82 Å². The zero-order chi connectivity index (χ0) is 20.1. The fraction of sp³-hybridized carbons (Fsp3) is 0.286. The number of imidazole rings is 1. The van der Waals surface area contributed by atoms with E-state index >= 15 is 0 Å². The molecule has 0 bridgehead atoms. The molecule has 0 spiro atoms. The Kier molecular flexibility index (Phi) is 5.60. The molecule has 0 aliphatic rings. The Morgan fingerprint density at radius 2 is 2.07 bits per heavy atom. The molecule has 4 aromatic rings. The smallest absolute Gasteiger partial charge is 0.227 e.